The number of hydrogen-bond acceptors (Lipinski definition) is 4. The summed E-state index contributed by atoms with van der Waals surface area (Å²) in [5.74, 6) is 0.899. The normalized spacial score (nSPS) is 15.4. The van der Waals surface area contributed by atoms with Gasteiger partial charge < -0.3 is 9.94 Å². The Hall–Kier alpha value is -0.970. The van der Waals surface area contributed by atoms with E-state index in [1.807, 2.05) is 18.2 Å². The minimum Gasteiger partial charge on any atom is -0.496 e. The van der Waals surface area contributed by atoms with E-state index >= 15 is 0 Å². The third-order valence-electron chi connectivity index (χ3n) is 3.35. The Morgan fingerprint density at radius 3 is 2.55 bits per heavy atom. The van der Waals surface area contributed by atoms with Crippen molar-refractivity contribution in [1.29, 1.82) is 0 Å². The SMILES string of the molecule is COc1ccc(/C=N/O)cc1CN1CCCCC1.Cl.Cl. The summed E-state index contributed by atoms with van der Waals surface area (Å²) in [6.45, 7) is 3.21. The maximum Gasteiger partial charge on any atom is 0.123 e. The summed E-state index contributed by atoms with van der Waals surface area (Å²) >= 11 is 0. The monoisotopic (exact) mass is 320 g/mol. The van der Waals surface area contributed by atoms with Gasteiger partial charge >= 0.3 is 0 Å². The van der Waals surface area contributed by atoms with Crippen LogP contribution < -0.4 is 4.74 Å². The molecule has 0 radical (unpaired) electrons. The summed E-state index contributed by atoms with van der Waals surface area (Å²) < 4.78 is 5.39. The van der Waals surface area contributed by atoms with Crippen molar-refractivity contribution >= 4 is 31.0 Å². The molecule has 114 valence electrons. The van der Waals surface area contributed by atoms with E-state index in [0.717, 1.165) is 36.5 Å². The lowest BCUT2D eigenvalue weighted by molar-refractivity contribution is 0.218. The Balaban J connectivity index is 0.00000180. The fourth-order valence-corrected chi connectivity index (χ4v) is 2.43. The van der Waals surface area contributed by atoms with E-state index in [4.69, 9.17) is 9.94 Å². The Morgan fingerprint density at radius 2 is 1.95 bits per heavy atom. The van der Waals surface area contributed by atoms with Crippen molar-refractivity contribution in [1.82, 2.24) is 4.90 Å². The number of oxime groups is 1. The summed E-state index contributed by atoms with van der Waals surface area (Å²) in [6, 6.07) is 5.84. The van der Waals surface area contributed by atoms with Gasteiger partial charge in [0.05, 0.1) is 13.3 Å². The topological polar surface area (TPSA) is 45.1 Å². The average molecular weight is 321 g/mol. The first-order valence-electron chi connectivity index (χ1n) is 6.40. The second-order valence-corrected chi connectivity index (χ2v) is 4.65. The van der Waals surface area contributed by atoms with Gasteiger partial charge in [-0.05, 0) is 49.7 Å². The van der Waals surface area contributed by atoms with E-state index < -0.39 is 0 Å². The Labute approximate surface area is 132 Å². The molecule has 4 nitrogen and oxygen atoms in total. The van der Waals surface area contributed by atoms with E-state index in [1.54, 1.807) is 7.11 Å². The lowest BCUT2D eigenvalue weighted by Gasteiger charge is -2.27. The van der Waals surface area contributed by atoms with Gasteiger partial charge in [-0.15, -0.1) is 24.8 Å². The van der Waals surface area contributed by atoms with Gasteiger partial charge in [-0.3, -0.25) is 4.90 Å². The number of piperidine rings is 1. The molecule has 0 spiro atoms. The standard InChI is InChI=1S/C14H20N2O2.2ClH/c1-18-14-6-5-12(10-15-17)9-13(14)11-16-7-3-2-4-8-16;;/h5-6,9-10,17H,2-4,7-8,11H2,1H3;2*1H/b15-10+;;. The van der Waals surface area contributed by atoms with Crippen LogP contribution in [0.15, 0.2) is 23.4 Å². The molecule has 0 atom stereocenters. The van der Waals surface area contributed by atoms with Gasteiger partial charge in [-0.25, -0.2) is 0 Å². The van der Waals surface area contributed by atoms with Crippen molar-refractivity contribution in [3.05, 3.63) is 29.3 Å². The highest BCUT2D eigenvalue weighted by atomic mass is 35.5. The fourth-order valence-electron chi connectivity index (χ4n) is 2.43. The van der Waals surface area contributed by atoms with Crippen LogP contribution in [0, 0.1) is 0 Å². The van der Waals surface area contributed by atoms with E-state index in [2.05, 4.69) is 10.1 Å². The van der Waals surface area contributed by atoms with Crippen LogP contribution in [0.4, 0.5) is 0 Å². The molecular formula is C14H22Cl2N2O2. The summed E-state index contributed by atoms with van der Waals surface area (Å²) in [5, 5.41) is 11.7. The highest BCUT2D eigenvalue weighted by molar-refractivity contribution is 5.85. The van der Waals surface area contributed by atoms with E-state index in [0.29, 0.717) is 0 Å². The molecule has 1 N–H and O–H groups in total. The van der Waals surface area contributed by atoms with Crippen LogP contribution in [-0.4, -0.2) is 36.5 Å². The molecule has 1 aromatic carbocycles. The number of benzene rings is 1. The molecule has 0 unspecified atom stereocenters. The molecule has 1 fully saturated rings. The number of hydrogen-bond donors (Lipinski definition) is 1. The highest BCUT2D eigenvalue weighted by Gasteiger charge is 2.13. The second-order valence-electron chi connectivity index (χ2n) is 4.65. The van der Waals surface area contributed by atoms with Crippen molar-refractivity contribution in [3.8, 4) is 5.75 Å². The van der Waals surface area contributed by atoms with Crippen molar-refractivity contribution in [3.63, 3.8) is 0 Å². The van der Waals surface area contributed by atoms with Crippen molar-refractivity contribution in [2.75, 3.05) is 20.2 Å². The van der Waals surface area contributed by atoms with Crippen molar-refractivity contribution in [2.45, 2.75) is 25.8 Å². The molecule has 0 amide bonds. The van der Waals surface area contributed by atoms with Crippen LogP contribution in [0.25, 0.3) is 0 Å². The largest absolute Gasteiger partial charge is 0.496 e. The number of methoxy groups -OCH3 is 1. The molecule has 0 aromatic heterocycles. The molecular weight excluding hydrogens is 299 g/mol. The predicted octanol–water partition coefficient (Wildman–Crippen LogP) is 3.33. The Bertz CT molecular complexity index is 422. The van der Waals surface area contributed by atoms with Crippen LogP contribution in [0.3, 0.4) is 0 Å². The van der Waals surface area contributed by atoms with E-state index in [1.165, 1.54) is 25.5 Å². The Kier molecular flexibility index (Phi) is 9.38. The quantitative estimate of drug-likeness (QED) is 0.526. The van der Waals surface area contributed by atoms with E-state index in [-0.39, 0.29) is 24.8 Å². The fraction of sp³-hybridized carbons (Fsp3) is 0.500. The minimum absolute atomic E-state index is 0. The zero-order chi connectivity index (χ0) is 12.8. The number of likely N-dealkylation sites (tertiary alicyclic amines) is 1. The van der Waals surface area contributed by atoms with Crippen LogP contribution in [0.1, 0.15) is 30.4 Å². The molecule has 1 heterocycles. The molecule has 1 aliphatic rings. The number of ether oxygens (including phenoxy) is 1. The molecule has 1 aliphatic heterocycles. The van der Waals surface area contributed by atoms with Crippen LogP contribution in [0.2, 0.25) is 0 Å². The molecule has 0 saturated carbocycles. The van der Waals surface area contributed by atoms with Crippen LogP contribution in [-0.2, 0) is 6.54 Å². The van der Waals surface area contributed by atoms with Crippen molar-refractivity contribution < 1.29 is 9.94 Å². The van der Waals surface area contributed by atoms with Crippen LogP contribution in [0.5, 0.6) is 5.75 Å². The molecule has 2 rings (SSSR count). The first-order chi connectivity index (χ1) is 8.83. The van der Waals surface area contributed by atoms with Crippen LogP contribution >= 0.6 is 24.8 Å². The molecule has 1 aromatic rings. The summed E-state index contributed by atoms with van der Waals surface area (Å²) in [5.41, 5.74) is 2.04. The lowest BCUT2D eigenvalue weighted by atomic mass is 10.1. The van der Waals surface area contributed by atoms with Gasteiger partial charge in [-0.1, -0.05) is 11.6 Å². The predicted molar refractivity (Wildman–Crippen MR) is 86.0 cm³/mol. The third-order valence-corrected chi connectivity index (χ3v) is 3.35. The summed E-state index contributed by atoms with van der Waals surface area (Å²) in [6.07, 6.45) is 5.34. The molecule has 0 bridgehead atoms. The molecule has 20 heavy (non-hydrogen) atoms. The molecule has 1 saturated heterocycles. The number of rotatable bonds is 4. The first-order valence-corrected chi connectivity index (χ1v) is 6.40. The van der Waals surface area contributed by atoms with Gasteiger partial charge in [0.2, 0.25) is 0 Å². The zero-order valence-corrected chi connectivity index (χ0v) is 13.3. The smallest absolute Gasteiger partial charge is 0.123 e. The van der Waals surface area contributed by atoms with E-state index in [9.17, 15) is 0 Å². The number of halogens is 2. The zero-order valence-electron chi connectivity index (χ0n) is 11.6. The van der Waals surface area contributed by atoms with Gasteiger partial charge in [0.15, 0.2) is 0 Å². The Morgan fingerprint density at radius 1 is 1.25 bits per heavy atom. The summed E-state index contributed by atoms with van der Waals surface area (Å²) in [4.78, 5) is 2.45. The maximum absolute atomic E-state index is 8.59. The average Bonchev–Trinajstić information content (AvgIpc) is 2.41. The van der Waals surface area contributed by atoms with Gasteiger partial charge in [0.25, 0.3) is 0 Å². The minimum atomic E-state index is 0. The highest BCUT2D eigenvalue weighted by Crippen LogP contribution is 2.22. The second kappa shape index (κ2) is 9.86. The van der Waals surface area contributed by atoms with Crippen molar-refractivity contribution in [2.24, 2.45) is 5.16 Å². The third kappa shape index (κ3) is 5.19. The van der Waals surface area contributed by atoms with Gasteiger partial charge in [-0.2, -0.15) is 0 Å². The van der Waals surface area contributed by atoms with Gasteiger partial charge in [0.1, 0.15) is 5.75 Å². The first kappa shape index (κ1) is 19.0. The summed E-state index contributed by atoms with van der Waals surface area (Å²) in [7, 11) is 1.69. The lowest BCUT2D eigenvalue weighted by Crippen LogP contribution is -2.29. The number of nitrogens with zero attached hydrogens (tertiary/aromatic N) is 2. The molecule has 6 heteroatoms. The molecule has 0 aliphatic carbocycles. The van der Waals surface area contributed by atoms with Gasteiger partial charge in [0, 0.05) is 12.1 Å². The maximum atomic E-state index is 8.59.